The van der Waals surface area contributed by atoms with Crippen molar-refractivity contribution in [3.8, 4) is 0 Å². The zero-order valence-electron chi connectivity index (χ0n) is 8.14. The average molecular weight is 170 g/mol. The van der Waals surface area contributed by atoms with Gasteiger partial charge in [-0.25, -0.2) is 0 Å². The smallest absolute Gasteiger partial charge is 0.0127 e. The molecule has 0 atom stereocenters. The van der Waals surface area contributed by atoms with Crippen LogP contribution in [0.25, 0.3) is 0 Å². The molecule has 0 N–H and O–H groups in total. The number of hydrogen-bond donors (Lipinski definition) is 0. The van der Waals surface area contributed by atoms with Crippen molar-refractivity contribution < 1.29 is 0 Å². The summed E-state index contributed by atoms with van der Waals surface area (Å²) in [5, 5.41) is 2.21. The number of hydrogen-bond acceptors (Lipinski definition) is 1. The minimum absolute atomic E-state index is 0.273. The van der Waals surface area contributed by atoms with E-state index in [-0.39, 0.29) is 5.41 Å². The zero-order valence-corrected chi connectivity index (χ0v) is 8.96. The molecule has 0 radical (unpaired) electrons. The van der Waals surface area contributed by atoms with Crippen LogP contribution in [0.4, 0.5) is 0 Å². The predicted molar refractivity (Wildman–Crippen MR) is 55.9 cm³/mol. The van der Waals surface area contributed by atoms with E-state index < -0.39 is 0 Å². The van der Waals surface area contributed by atoms with Crippen LogP contribution < -0.4 is 0 Å². The standard InChI is InChI=1S/C10H18S/c1-6-7-9(8-11-5)10(2,3)4/h6-8H,1-5H3/b7-6-,9-8+. The molecule has 0 rings (SSSR count). The van der Waals surface area contributed by atoms with E-state index in [0.717, 1.165) is 0 Å². The summed E-state index contributed by atoms with van der Waals surface area (Å²) in [6.45, 7) is 8.75. The van der Waals surface area contributed by atoms with E-state index in [9.17, 15) is 0 Å². The van der Waals surface area contributed by atoms with E-state index in [0.29, 0.717) is 0 Å². The second-order valence-corrected chi connectivity index (χ2v) is 4.27. The Balaban J connectivity index is 4.48. The second kappa shape index (κ2) is 4.66. The van der Waals surface area contributed by atoms with Gasteiger partial charge in [-0.15, -0.1) is 11.8 Å². The molecular formula is C10H18S. The predicted octanol–water partition coefficient (Wildman–Crippen LogP) is 3.86. The van der Waals surface area contributed by atoms with Crippen LogP contribution in [0.5, 0.6) is 0 Å². The maximum absolute atomic E-state index is 2.23. The van der Waals surface area contributed by atoms with E-state index in [1.807, 2.05) is 0 Å². The summed E-state index contributed by atoms with van der Waals surface area (Å²) in [5.41, 5.74) is 1.67. The lowest BCUT2D eigenvalue weighted by atomic mass is 9.87. The molecule has 11 heavy (non-hydrogen) atoms. The highest BCUT2D eigenvalue weighted by molar-refractivity contribution is 8.01. The SMILES string of the molecule is C/C=C\C(=C/SC)C(C)(C)C. The Morgan fingerprint density at radius 1 is 1.27 bits per heavy atom. The molecule has 0 fully saturated rings. The Labute approximate surface area is 74.8 Å². The molecule has 0 saturated heterocycles. The lowest BCUT2D eigenvalue weighted by Crippen LogP contribution is -2.06. The van der Waals surface area contributed by atoms with Crippen molar-refractivity contribution in [2.45, 2.75) is 27.7 Å². The van der Waals surface area contributed by atoms with Crippen LogP contribution in [0.3, 0.4) is 0 Å². The first kappa shape index (κ1) is 10.8. The van der Waals surface area contributed by atoms with E-state index in [4.69, 9.17) is 0 Å². The molecule has 0 spiro atoms. The van der Waals surface area contributed by atoms with Crippen LogP contribution in [-0.4, -0.2) is 6.26 Å². The molecule has 0 aromatic carbocycles. The Morgan fingerprint density at radius 2 is 1.82 bits per heavy atom. The highest BCUT2D eigenvalue weighted by Gasteiger charge is 2.13. The van der Waals surface area contributed by atoms with Crippen molar-refractivity contribution in [2.75, 3.05) is 6.26 Å². The topological polar surface area (TPSA) is 0 Å². The maximum atomic E-state index is 2.23. The molecule has 64 valence electrons. The first-order chi connectivity index (χ1) is 5.02. The van der Waals surface area contributed by atoms with Crippen molar-refractivity contribution in [1.29, 1.82) is 0 Å². The fourth-order valence-corrected chi connectivity index (χ4v) is 1.46. The van der Waals surface area contributed by atoms with Crippen LogP contribution >= 0.6 is 11.8 Å². The molecule has 0 amide bonds. The largest absolute Gasteiger partial charge is 0.137 e. The summed E-state index contributed by atoms with van der Waals surface area (Å²) in [6, 6.07) is 0. The summed E-state index contributed by atoms with van der Waals surface area (Å²) in [4.78, 5) is 0. The molecule has 0 aliphatic heterocycles. The third-order valence-electron chi connectivity index (χ3n) is 1.46. The zero-order chi connectivity index (χ0) is 8.91. The molecule has 0 aliphatic rings. The van der Waals surface area contributed by atoms with Crippen molar-refractivity contribution in [1.82, 2.24) is 0 Å². The molecule has 0 unspecified atom stereocenters. The van der Waals surface area contributed by atoms with Crippen LogP contribution in [0.2, 0.25) is 0 Å². The van der Waals surface area contributed by atoms with Gasteiger partial charge in [0.2, 0.25) is 0 Å². The first-order valence-corrected chi connectivity index (χ1v) is 5.17. The van der Waals surface area contributed by atoms with Gasteiger partial charge in [0.1, 0.15) is 0 Å². The van der Waals surface area contributed by atoms with Crippen LogP contribution in [0.1, 0.15) is 27.7 Å². The van der Waals surface area contributed by atoms with Crippen molar-refractivity contribution in [3.05, 3.63) is 23.1 Å². The van der Waals surface area contributed by atoms with Gasteiger partial charge in [0.25, 0.3) is 0 Å². The van der Waals surface area contributed by atoms with Crippen LogP contribution in [0.15, 0.2) is 23.1 Å². The fourth-order valence-electron chi connectivity index (χ4n) is 0.773. The fraction of sp³-hybridized carbons (Fsp3) is 0.600. The first-order valence-electron chi connectivity index (χ1n) is 3.88. The number of thioether (sulfide) groups is 1. The van der Waals surface area contributed by atoms with Gasteiger partial charge in [0.15, 0.2) is 0 Å². The molecule has 1 heteroatoms. The van der Waals surface area contributed by atoms with Crippen LogP contribution in [-0.2, 0) is 0 Å². The minimum atomic E-state index is 0.273. The van der Waals surface area contributed by atoms with Gasteiger partial charge in [-0.3, -0.25) is 0 Å². The van der Waals surface area contributed by atoms with Crippen molar-refractivity contribution in [2.24, 2.45) is 5.41 Å². The Hall–Kier alpha value is -0.170. The summed E-state index contributed by atoms with van der Waals surface area (Å²) in [7, 11) is 0. The lowest BCUT2D eigenvalue weighted by molar-refractivity contribution is 0.518. The Kier molecular flexibility index (Phi) is 4.58. The second-order valence-electron chi connectivity index (χ2n) is 3.56. The molecule has 0 bridgehead atoms. The van der Waals surface area contributed by atoms with Crippen molar-refractivity contribution >= 4 is 11.8 Å². The molecule has 0 nitrogen and oxygen atoms in total. The molecule has 0 saturated carbocycles. The minimum Gasteiger partial charge on any atom is -0.137 e. The van der Waals surface area contributed by atoms with Gasteiger partial charge in [-0.2, -0.15) is 0 Å². The quantitative estimate of drug-likeness (QED) is 0.567. The van der Waals surface area contributed by atoms with E-state index in [1.165, 1.54) is 5.57 Å². The monoisotopic (exact) mass is 170 g/mol. The number of rotatable bonds is 2. The van der Waals surface area contributed by atoms with Crippen LogP contribution in [0, 0.1) is 5.41 Å². The van der Waals surface area contributed by atoms with E-state index in [1.54, 1.807) is 11.8 Å². The summed E-state index contributed by atoms with van der Waals surface area (Å²) >= 11 is 1.76. The third kappa shape index (κ3) is 4.31. The Bertz CT molecular complexity index is 158. The van der Waals surface area contributed by atoms with Gasteiger partial charge in [0.05, 0.1) is 0 Å². The normalized spacial score (nSPS) is 14.5. The van der Waals surface area contributed by atoms with Gasteiger partial charge in [-0.05, 0) is 29.6 Å². The van der Waals surface area contributed by atoms with Gasteiger partial charge < -0.3 is 0 Å². The molecule has 0 aliphatic carbocycles. The maximum Gasteiger partial charge on any atom is -0.0127 e. The molecule has 0 heterocycles. The van der Waals surface area contributed by atoms with Gasteiger partial charge >= 0.3 is 0 Å². The molecule has 0 aromatic rings. The lowest BCUT2D eigenvalue weighted by Gasteiger charge is -2.19. The summed E-state index contributed by atoms with van der Waals surface area (Å²) in [6.07, 6.45) is 6.36. The highest BCUT2D eigenvalue weighted by atomic mass is 32.2. The van der Waals surface area contributed by atoms with Crippen molar-refractivity contribution in [3.63, 3.8) is 0 Å². The average Bonchev–Trinajstić information content (AvgIpc) is 1.85. The molecular weight excluding hydrogens is 152 g/mol. The van der Waals surface area contributed by atoms with Gasteiger partial charge in [-0.1, -0.05) is 32.9 Å². The third-order valence-corrected chi connectivity index (χ3v) is 1.95. The summed E-state index contributed by atoms with van der Waals surface area (Å²) < 4.78 is 0. The number of allylic oxidation sites excluding steroid dienone is 3. The van der Waals surface area contributed by atoms with Gasteiger partial charge in [0, 0.05) is 0 Å². The Morgan fingerprint density at radius 3 is 2.09 bits per heavy atom. The molecule has 0 aromatic heterocycles. The van der Waals surface area contributed by atoms with E-state index in [2.05, 4.69) is 51.5 Å². The summed E-state index contributed by atoms with van der Waals surface area (Å²) in [5.74, 6) is 0. The highest BCUT2D eigenvalue weighted by Crippen LogP contribution is 2.27. The van der Waals surface area contributed by atoms with E-state index >= 15 is 0 Å².